The van der Waals surface area contributed by atoms with Gasteiger partial charge < -0.3 is 16.0 Å². The second-order valence-electron chi connectivity index (χ2n) is 5.93. The molecular weight excluding hydrogens is 278 g/mol. The Kier molecular flexibility index (Phi) is 5.95. The van der Waals surface area contributed by atoms with Crippen molar-refractivity contribution in [2.45, 2.75) is 51.6 Å². The summed E-state index contributed by atoms with van der Waals surface area (Å²) in [6.45, 7) is 4.51. The first-order chi connectivity index (χ1) is 10.5. The molecule has 22 heavy (non-hydrogen) atoms. The molecule has 1 aromatic rings. The largest absolute Gasteiger partial charge is 0.350 e. The average molecular weight is 303 g/mol. The monoisotopic (exact) mass is 303 g/mol. The summed E-state index contributed by atoms with van der Waals surface area (Å²) in [4.78, 5) is 23.1. The summed E-state index contributed by atoms with van der Waals surface area (Å²) in [6.07, 6.45) is 3.82. The van der Waals surface area contributed by atoms with Gasteiger partial charge in [-0.1, -0.05) is 12.1 Å². The van der Waals surface area contributed by atoms with Crippen LogP contribution < -0.4 is 16.0 Å². The van der Waals surface area contributed by atoms with Gasteiger partial charge in [-0.3, -0.25) is 9.59 Å². The number of hydrogen-bond acceptors (Lipinski definition) is 3. The molecule has 0 radical (unpaired) electrons. The molecule has 0 aromatic heterocycles. The topological polar surface area (TPSA) is 70.2 Å². The quantitative estimate of drug-likeness (QED) is 0.755. The number of amides is 2. The van der Waals surface area contributed by atoms with E-state index in [0.717, 1.165) is 24.2 Å². The Morgan fingerprint density at radius 1 is 1.41 bits per heavy atom. The molecule has 2 unspecified atom stereocenters. The fourth-order valence-electron chi connectivity index (χ4n) is 2.79. The lowest BCUT2D eigenvalue weighted by Crippen LogP contribution is -2.29. The Hall–Kier alpha value is -1.88. The van der Waals surface area contributed by atoms with Crippen LogP contribution >= 0.6 is 0 Å². The first-order valence-corrected chi connectivity index (χ1v) is 7.95. The van der Waals surface area contributed by atoms with Crippen molar-refractivity contribution in [2.75, 3.05) is 11.9 Å². The van der Waals surface area contributed by atoms with Gasteiger partial charge in [-0.05, 0) is 50.4 Å². The van der Waals surface area contributed by atoms with Crippen molar-refractivity contribution < 1.29 is 9.59 Å². The third-order valence-corrected chi connectivity index (χ3v) is 3.97. The molecule has 1 aromatic carbocycles. The number of hydrogen-bond donors (Lipinski definition) is 3. The Morgan fingerprint density at radius 2 is 2.23 bits per heavy atom. The molecule has 1 fully saturated rings. The zero-order valence-corrected chi connectivity index (χ0v) is 13.3. The van der Waals surface area contributed by atoms with Crippen LogP contribution in [0.1, 0.15) is 51.1 Å². The molecule has 1 aliphatic rings. The zero-order valence-electron chi connectivity index (χ0n) is 13.3. The van der Waals surface area contributed by atoms with Crippen LogP contribution in [0.25, 0.3) is 0 Å². The van der Waals surface area contributed by atoms with E-state index in [1.54, 1.807) is 0 Å². The van der Waals surface area contributed by atoms with Crippen molar-refractivity contribution >= 4 is 17.5 Å². The van der Waals surface area contributed by atoms with Crippen molar-refractivity contribution in [1.82, 2.24) is 10.6 Å². The lowest BCUT2D eigenvalue weighted by Gasteiger charge is -2.16. The van der Waals surface area contributed by atoms with E-state index < -0.39 is 0 Å². The van der Waals surface area contributed by atoms with Crippen molar-refractivity contribution in [3.63, 3.8) is 0 Å². The van der Waals surface area contributed by atoms with Crippen LogP contribution in [0, 0.1) is 0 Å². The van der Waals surface area contributed by atoms with Gasteiger partial charge in [0.15, 0.2) is 0 Å². The van der Waals surface area contributed by atoms with E-state index in [9.17, 15) is 9.59 Å². The van der Waals surface area contributed by atoms with E-state index in [1.165, 1.54) is 19.8 Å². The number of carbonyl (C=O) groups excluding carboxylic acids is 2. The molecule has 0 bridgehead atoms. The van der Waals surface area contributed by atoms with Gasteiger partial charge in [0.1, 0.15) is 0 Å². The molecule has 0 saturated carbocycles. The molecule has 2 rings (SSSR count). The van der Waals surface area contributed by atoms with Gasteiger partial charge in [-0.25, -0.2) is 0 Å². The van der Waals surface area contributed by atoms with Crippen LogP contribution in [0.4, 0.5) is 5.69 Å². The van der Waals surface area contributed by atoms with Crippen LogP contribution in [0.3, 0.4) is 0 Å². The van der Waals surface area contributed by atoms with E-state index in [-0.39, 0.29) is 17.9 Å². The Labute approximate surface area is 131 Å². The van der Waals surface area contributed by atoms with E-state index in [1.807, 2.05) is 31.2 Å². The highest BCUT2D eigenvalue weighted by Crippen LogP contribution is 2.18. The van der Waals surface area contributed by atoms with Gasteiger partial charge >= 0.3 is 0 Å². The van der Waals surface area contributed by atoms with Crippen LogP contribution in [0.2, 0.25) is 0 Å². The summed E-state index contributed by atoms with van der Waals surface area (Å²) >= 11 is 0. The molecule has 120 valence electrons. The van der Waals surface area contributed by atoms with E-state index in [2.05, 4.69) is 16.0 Å². The van der Waals surface area contributed by atoms with Crippen molar-refractivity contribution in [2.24, 2.45) is 0 Å². The minimum Gasteiger partial charge on any atom is -0.350 e. The summed E-state index contributed by atoms with van der Waals surface area (Å²) < 4.78 is 0. The average Bonchev–Trinajstić information content (AvgIpc) is 2.98. The van der Waals surface area contributed by atoms with E-state index in [0.29, 0.717) is 12.5 Å². The first kappa shape index (κ1) is 16.5. The molecule has 1 heterocycles. The summed E-state index contributed by atoms with van der Waals surface area (Å²) in [6, 6.07) is 7.98. The number of benzene rings is 1. The molecule has 1 saturated heterocycles. The first-order valence-electron chi connectivity index (χ1n) is 7.95. The number of anilines is 1. The van der Waals surface area contributed by atoms with Crippen LogP contribution in [0.5, 0.6) is 0 Å². The molecule has 2 amide bonds. The molecule has 0 aliphatic carbocycles. The minimum absolute atomic E-state index is 0.0715. The summed E-state index contributed by atoms with van der Waals surface area (Å²) in [7, 11) is 0. The van der Waals surface area contributed by atoms with Crippen molar-refractivity contribution in [1.29, 1.82) is 0 Å². The highest BCUT2D eigenvalue weighted by atomic mass is 16.2. The molecule has 2 atom stereocenters. The lowest BCUT2D eigenvalue weighted by atomic mass is 10.1. The number of carbonyl (C=O) groups is 2. The highest BCUT2D eigenvalue weighted by Gasteiger charge is 2.16. The maximum absolute atomic E-state index is 12.0. The summed E-state index contributed by atoms with van der Waals surface area (Å²) in [5.41, 5.74) is 1.74. The van der Waals surface area contributed by atoms with Gasteiger partial charge in [0.05, 0.1) is 6.04 Å². The van der Waals surface area contributed by atoms with Crippen LogP contribution in [0.15, 0.2) is 24.3 Å². The zero-order chi connectivity index (χ0) is 15.9. The van der Waals surface area contributed by atoms with Crippen LogP contribution in [-0.2, 0) is 9.59 Å². The SMILES string of the molecule is CC(=O)Nc1cccc(C(C)NC(=O)CCC2CCCN2)c1. The molecule has 1 aliphatic heterocycles. The van der Waals surface area contributed by atoms with E-state index in [4.69, 9.17) is 0 Å². The summed E-state index contributed by atoms with van der Waals surface area (Å²) in [5.74, 6) is -0.0240. The smallest absolute Gasteiger partial charge is 0.221 e. The van der Waals surface area contributed by atoms with Gasteiger partial charge in [0.25, 0.3) is 0 Å². The molecule has 5 nitrogen and oxygen atoms in total. The normalized spacial score (nSPS) is 18.7. The van der Waals surface area contributed by atoms with Gasteiger partial charge in [0.2, 0.25) is 11.8 Å². The second-order valence-corrected chi connectivity index (χ2v) is 5.93. The lowest BCUT2D eigenvalue weighted by molar-refractivity contribution is -0.122. The molecular formula is C17H25N3O2. The molecule has 5 heteroatoms. The third kappa shape index (κ3) is 5.15. The van der Waals surface area contributed by atoms with Crippen molar-refractivity contribution in [3.8, 4) is 0 Å². The predicted molar refractivity (Wildman–Crippen MR) is 87.6 cm³/mol. The second kappa shape index (κ2) is 7.94. The van der Waals surface area contributed by atoms with Crippen LogP contribution in [-0.4, -0.2) is 24.4 Å². The summed E-state index contributed by atoms with van der Waals surface area (Å²) in [5, 5.41) is 9.18. The minimum atomic E-state index is -0.0992. The fraction of sp³-hybridized carbons (Fsp3) is 0.529. The van der Waals surface area contributed by atoms with Gasteiger partial charge in [-0.15, -0.1) is 0 Å². The standard InChI is InChI=1S/C17H25N3O2/c1-12(14-5-3-6-16(11-14)20-13(2)21)19-17(22)9-8-15-7-4-10-18-15/h3,5-6,11-12,15,18H,4,7-10H2,1-2H3,(H,19,22)(H,20,21). The maximum Gasteiger partial charge on any atom is 0.221 e. The van der Waals surface area contributed by atoms with E-state index >= 15 is 0 Å². The molecule has 3 N–H and O–H groups in total. The van der Waals surface area contributed by atoms with Gasteiger partial charge in [0, 0.05) is 25.1 Å². The predicted octanol–water partition coefficient (Wildman–Crippen LogP) is 2.35. The Bertz CT molecular complexity index is 524. The fourth-order valence-corrected chi connectivity index (χ4v) is 2.79. The Morgan fingerprint density at radius 3 is 2.91 bits per heavy atom. The number of rotatable bonds is 6. The van der Waals surface area contributed by atoms with Gasteiger partial charge in [-0.2, -0.15) is 0 Å². The number of nitrogens with one attached hydrogen (secondary N) is 3. The Balaban J connectivity index is 1.83. The highest BCUT2D eigenvalue weighted by molar-refractivity contribution is 5.88. The maximum atomic E-state index is 12.0. The third-order valence-electron chi connectivity index (χ3n) is 3.97. The molecule has 0 spiro atoms. The van der Waals surface area contributed by atoms with Crippen molar-refractivity contribution in [3.05, 3.63) is 29.8 Å².